The number of hydrogen-bond donors (Lipinski definition) is 1. The molecular weight excluding hydrogens is 444 g/mol. The fourth-order valence-electron chi connectivity index (χ4n) is 3.92. The Kier molecular flexibility index (Phi) is 5.04. The average Bonchev–Trinajstić information content (AvgIpc) is 3.34. The summed E-state index contributed by atoms with van der Waals surface area (Å²) in [5.74, 6) is -1.69. The number of anilines is 1. The maximum Gasteiger partial charge on any atom is 0.301 e. The quantitative estimate of drug-likeness (QED) is 0.235. The van der Waals surface area contributed by atoms with E-state index < -0.39 is 17.7 Å². The third-order valence-corrected chi connectivity index (χ3v) is 6.76. The van der Waals surface area contributed by atoms with Gasteiger partial charge in [-0.25, -0.2) is 4.98 Å². The van der Waals surface area contributed by atoms with E-state index in [2.05, 4.69) is 4.98 Å². The van der Waals surface area contributed by atoms with Gasteiger partial charge in [0.25, 0.3) is 5.78 Å². The van der Waals surface area contributed by atoms with Crippen LogP contribution in [0.1, 0.15) is 22.7 Å². The average molecular weight is 461 g/mol. The van der Waals surface area contributed by atoms with E-state index in [1.165, 1.54) is 16.2 Å². The van der Waals surface area contributed by atoms with Crippen molar-refractivity contribution in [3.8, 4) is 0 Å². The number of amides is 1. The maximum absolute atomic E-state index is 13.2. The molecule has 1 N–H and O–H groups in total. The van der Waals surface area contributed by atoms with Gasteiger partial charge in [0.1, 0.15) is 5.76 Å². The van der Waals surface area contributed by atoms with Crippen molar-refractivity contribution < 1.29 is 14.7 Å². The molecule has 1 fully saturated rings. The van der Waals surface area contributed by atoms with Crippen LogP contribution in [0.15, 0.2) is 78.4 Å². The lowest BCUT2D eigenvalue weighted by Crippen LogP contribution is -2.29. The predicted octanol–water partition coefficient (Wildman–Crippen LogP) is 5.88. The van der Waals surface area contributed by atoms with Crippen molar-refractivity contribution >= 4 is 55.7 Å². The number of carbonyl (C=O) groups excluding carboxylic acids is 2. The van der Waals surface area contributed by atoms with Crippen molar-refractivity contribution in [3.63, 3.8) is 0 Å². The van der Waals surface area contributed by atoms with Crippen LogP contribution in [0.4, 0.5) is 5.13 Å². The molecule has 4 aromatic rings. The first-order valence-corrected chi connectivity index (χ1v) is 11.1. The minimum atomic E-state index is -0.826. The number of rotatable bonds is 3. The zero-order valence-corrected chi connectivity index (χ0v) is 18.5. The van der Waals surface area contributed by atoms with Gasteiger partial charge in [0.15, 0.2) is 5.13 Å². The molecule has 5 rings (SSSR count). The monoisotopic (exact) mass is 460 g/mol. The van der Waals surface area contributed by atoms with Crippen molar-refractivity contribution in [2.75, 3.05) is 4.90 Å². The molecule has 3 aromatic carbocycles. The van der Waals surface area contributed by atoms with Gasteiger partial charge in [0.2, 0.25) is 0 Å². The number of aryl methyl sites for hydroxylation is 1. The van der Waals surface area contributed by atoms with Crippen LogP contribution in [0.5, 0.6) is 0 Å². The number of nitrogens with zero attached hydrogens (tertiary/aromatic N) is 2. The number of aliphatic hydroxyl groups is 1. The molecule has 0 saturated carbocycles. The van der Waals surface area contributed by atoms with Gasteiger partial charge in [0.05, 0.1) is 21.8 Å². The van der Waals surface area contributed by atoms with Crippen molar-refractivity contribution in [1.82, 2.24) is 4.98 Å². The highest BCUT2D eigenvalue weighted by Crippen LogP contribution is 2.44. The molecule has 1 aliphatic heterocycles. The standard InChI is InChI=1S/C25H17ClN2O3S/c1-14-6-5-9-18-20(14)27-25(32-18)28-21(15-10-12-17(26)13-11-15)19(23(30)24(28)31)22(29)16-7-3-2-4-8-16/h2-13,21,29H,1H3/t21-/m0/s1. The minimum absolute atomic E-state index is 0.0273. The minimum Gasteiger partial charge on any atom is -0.507 e. The van der Waals surface area contributed by atoms with Crippen LogP contribution in [0, 0.1) is 6.92 Å². The Morgan fingerprint density at radius 1 is 1.00 bits per heavy atom. The number of benzene rings is 3. The molecule has 0 bridgehead atoms. The van der Waals surface area contributed by atoms with E-state index in [-0.39, 0.29) is 11.3 Å². The molecule has 0 unspecified atom stereocenters. The van der Waals surface area contributed by atoms with Gasteiger partial charge in [-0.2, -0.15) is 0 Å². The lowest BCUT2D eigenvalue weighted by Gasteiger charge is -2.23. The zero-order valence-electron chi connectivity index (χ0n) is 16.9. The second kappa shape index (κ2) is 7.89. The molecule has 0 aliphatic carbocycles. The lowest BCUT2D eigenvalue weighted by molar-refractivity contribution is -0.132. The van der Waals surface area contributed by atoms with E-state index in [9.17, 15) is 14.7 Å². The summed E-state index contributed by atoms with van der Waals surface area (Å²) < 4.78 is 0.916. The molecule has 7 heteroatoms. The third kappa shape index (κ3) is 3.28. The Bertz CT molecular complexity index is 1390. The van der Waals surface area contributed by atoms with Crippen LogP contribution in [0.3, 0.4) is 0 Å². The third-order valence-electron chi connectivity index (χ3n) is 5.49. The Morgan fingerprint density at radius 2 is 1.72 bits per heavy atom. The first-order valence-electron chi connectivity index (χ1n) is 9.94. The van der Waals surface area contributed by atoms with Gasteiger partial charge in [-0.3, -0.25) is 14.5 Å². The molecule has 1 aromatic heterocycles. The SMILES string of the molecule is Cc1cccc2sc(N3C(=O)C(=O)C(=C(O)c4ccccc4)[C@@H]3c3ccc(Cl)cc3)nc12. The highest BCUT2D eigenvalue weighted by molar-refractivity contribution is 7.22. The summed E-state index contributed by atoms with van der Waals surface area (Å²) in [6.07, 6.45) is 0. The summed E-state index contributed by atoms with van der Waals surface area (Å²) in [5.41, 5.74) is 2.91. The number of hydrogen-bond acceptors (Lipinski definition) is 5. The van der Waals surface area contributed by atoms with Gasteiger partial charge in [-0.1, -0.05) is 77.5 Å². The summed E-state index contributed by atoms with van der Waals surface area (Å²) in [5, 5.41) is 12.0. The molecule has 1 aliphatic rings. The maximum atomic E-state index is 13.2. The fourth-order valence-corrected chi connectivity index (χ4v) is 5.12. The number of para-hydroxylation sites is 1. The summed E-state index contributed by atoms with van der Waals surface area (Å²) in [7, 11) is 0. The van der Waals surface area contributed by atoms with Gasteiger partial charge in [-0.15, -0.1) is 0 Å². The van der Waals surface area contributed by atoms with Crippen molar-refractivity contribution in [1.29, 1.82) is 0 Å². The molecule has 1 amide bonds. The number of halogens is 1. The Labute approximate surface area is 193 Å². The highest BCUT2D eigenvalue weighted by Gasteiger charge is 2.48. The number of aliphatic hydroxyl groups excluding tert-OH is 1. The van der Waals surface area contributed by atoms with E-state index in [0.29, 0.717) is 21.3 Å². The van der Waals surface area contributed by atoms with E-state index in [0.717, 1.165) is 15.8 Å². The largest absolute Gasteiger partial charge is 0.507 e. The normalized spacial score (nSPS) is 17.9. The number of carbonyl (C=O) groups is 2. The predicted molar refractivity (Wildman–Crippen MR) is 127 cm³/mol. The van der Waals surface area contributed by atoms with Gasteiger partial charge in [-0.05, 0) is 36.2 Å². The molecule has 0 spiro atoms. The molecular formula is C25H17ClN2O3S. The Hall–Kier alpha value is -3.48. The smallest absolute Gasteiger partial charge is 0.301 e. The molecule has 0 radical (unpaired) electrons. The van der Waals surface area contributed by atoms with Gasteiger partial charge >= 0.3 is 5.91 Å². The molecule has 1 atom stereocenters. The van der Waals surface area contributed by atoms with Crippen LogP contribution in [-0.4, -0.2) is 21.8 Å². The Balaban J connectivity index is 1.75. The Morgan fingerprint density at radius 3 is 2.41 bits per heavy atom. The topological polar surface area (TPSA) is 70.5 Å². The summed E-state index contributed by atoms with van der Waals surface area (Å²) in [6, 6.07) is 20.6. The highest BCUT2D eigenvalue weighted by atomic mass is 35.5. The van der Waals surface area contributed by atoms with E-state index >= 15 is 0 Å². The summed E-state index contributed by atoms with van der Waals surface area (Å²) in [4.78, 5) is 32.5. The van der Waals surface area contributed by atoms with E-state index in [4.69, 9.17) is 11.6 Å². The van der Waals surface area contributed by atoms with Crippen molar-refractivity contribution in [2.45, 2.75) is 13.0 Å². The van der Waals surface area contributed by atoms with Crippen molar-refractivity contribution in [3.05, 3.63) is 100 Å². The van der Waals surface area contributed by atoms with E-state index in [1.54, 1.807) is 48.5 Å². The van der Waals surface area contributed by atoms with Crippen LogP contribution in [0.25, 0.3) is 16.0 Å². The van der Waals surface area contributed by atoms with Gasteiger partial charge < -0.3 is 5.11 Å². The van der Waals surface area contributed by atoms with Crippen molar-refractivity contribution in [2.24, 2.45) is 0 Å². The first-order chi connectivity index (χ1) is 15.5. The number of aromatic nitrogens is 1. The zero-order chi connectivity index (χ0) is 22.4. The number of thiazole rings is 1. The molecule has 1 saturated heterocycles. The second-order valence-electron chi connectivity index (χ2n) is 7.50. The first kappa shape index (κ1) is 20.4. The second-order valence-corrected chi connectivity index (χ2v) is 8.95. The molecule has 32 heavy (non-hydrogen) atoms. The van der Waals surface area contributed by atoms with Crippen LogP contribution in [0.2, 0.25) is 5.02 Å². The molecule has 2 heterocycles. The van der Waals surface area contributed by atoms with Gasteiger partial charge in [0, 0.05) is 10.6 Å². The fraction of sp³-hybridized carbons (Fsp3) is 0.0800. The van der Waals surface area contributed by atoms with E-state index in [1.807, 2.05) is 31.2 Å². The lowest BCUT2D eigenvalue weighted by atomic mass is 9.95. The molecule has 5 nitrogen and oxygen atoms in total. The van der Waals surface area contributed by atoms with Crippen LogP contribution >= 0.6 is 22.9 Å². The molecule has 158 valence electrons. The van der Waals surface area contributed by atoms with Crippen LogP contribution < -0.4 is 4.90 Å². The number of Topliss-reactive ketones (excluding diaryl/α,β-unsaturated/α-hetero) is 1. The number of ketones is 1. The summed E-state index contributed by atoms with van der Waals surface area (Å²) >= 11 is 7.41. The number of fused-ring (bicyclic) bond motifs is 1. The summed E-state index contributed by atoms with van der Waals surface area (Å²) in [6.45, 7) is 1.95. The van der Waals surface area contributed by atoms with Crippen LogP contribution in [-0.2, 0) is 9.59 Å².